The summed E-state index contributed by atoms with van der Waals surface area (Å²) in [7, 11) is 3.25. The van der Waals surface area contributed by atoms with Crippen molar-refractivity contribution in [3.8, 4) is 0 Å². The van der Waals surface area contributed by atoms with Gasteiger partial charge < -0.3 is 19.5 Å². The van der Waals surface area contributed by atoms with Crippen LogP contribution in [0.4, 0.5) is 13.2 Å². The Morgan fingerprint density at radius 1 is 1.08 bits per heavy atom. The van der Waals surface area contributed by atoms with Crippen LogP contribution in [0.3, 0.4) is 0 Å². The predicted octanol–water partition coefficient (Wildman–Crippen LogP) is 3.57. The molecule has 1 unspecified atom stereocenters. The number of carbonyl (C=O) groups is 2. The molecule has 1 aliphatic heterocycles. The molecule has 1 aromatic heterocycles. The third kappa shape index (κ3) is 4.87. The largest absolute Gasteiger partial charge is 0.389 e. The molecule has 1 saturated heterocycles. The molecule has 2 heterocycles. The van der Waals surface area contributed by atoms with Gasteiger partial charge in [-0.3, -0.25) is 14.4 Å². The van der Waals surface area contributed by atoms with Gasteiger partial charge in [0, 0.05) is 56.0 Å². The summed E-state index contributed by atoms with van der Waals surface area (Å²) in [5.41, 5.74) is -2.06. The Morgan fingerprint density at radius 2 is 1.72 bits per heavy atom. The van der Waals surface area contributed by atoms with E-state index in [2.05, 4.69) is 0 Å². The van der Waals surface area contributed by atoms with Crippen molar-refractivity contribution < 1.29 is 27.9 Å². The van der Waals surface area contributed by atoms with Crippen molar-refractivity contribution >= 4 is 22.6 Å². The number of hydrogen-bond acceptors (Lipinski definition) is 4. The molecule has 1 spiro atoms. The van der Waals surface area contributed by atoms with E-state index in [-0.39, 0.29) is 37.5 Å². The quantitative estimate of drug-likeness (QED) is 0.671. The minimum atomic E-state index is -4.41. The molecule has 36 heavy (non-hydrogen) atoms. The van der Waals surface area contributed by atoms with Crippen LogP contribution in [0, 0.1) is 5.41 Å². The first-order valence-electron chi connectivity index (χ1n) is 12.3. The maximum Gasteiger partial charge on any atom is 0.389 e. The molecule has 1 atom stereocenters. The number of piperidine rings is 1. The second-order valence-electron chi connectivity index (χ2n) is 10.4. The van der Waals surface area contributed by atoms with Crippen LogP contribution in [0.25, 0.3) is 10.8 Å². The van der Waals surface area contributed by atoms with Crippen LogP contribution in [0.1, 0.15) is 55.3 Å². The summed E-state index contributed by atoms with van der Waals surface area (Å²) in [5.74, 6) is -0.838. The van der Waals surface area contributed by atoms with Gasteiger partial charge in [0.15, 0.2) is 0 Å². The zero-order chi connectivity index (χ0) is 26.3. The molecule has 2 aliphatic rings. The van der Waals surface area contributed by atoms with Gasteiger partial charge >= 0.3 is 6.18 Å². The summed E-state index contributed by atoms with van der Waals surface area (Å²) in [5, 5.41) is 12.9. The summed E-state index contributed by atoms with van der Waals surface area (Å²) < 4.78 is 39.4. The summed E-state index contributed by atoms with van der Waals surface area (Å²) in [4.78, 5) is 41.8. The minimum Gasteiger partial charge on any atom is -0.387 e. The molecule has 2 aromatic rings. The second kappa shape index (κ2) is 9.53. The van der Waals surface area contributed by atoms with Gasteiger partial charge in [0.05, 0.1) is 24.1 Å². The summed E-state index contributed by atoms with van der Waals surface area (Å²) in [6.45, 7) is 0.210. The van der Waals surface area contributed by atoms with E-state index < -0.39 is 35.9 Å². The van der Waals surface area contributed by atoms with Crippen LogP contribution >= 0.6 is 0 Å². The fourth-order valence-electron chi connectivity index (χ4n) is 5.87. The maximum absolute atomic E-state index is 13.4. The zero-order valence-corrected chi connectivity index (χ0v) is 20.6. The number of aliphatic hydroxyl groups is 1. The summed E-state index contributed by atoms with van der Waals surface area (Å²) >= 11 is 0. The summed E-state index contributed by atoms with van der Waals surface area (Å²) in [6, 6.07) is 6.84. The van der Waals surface area contributed by atoms with Gasteiger partial charge in [-0.15, -0.1) is 0 Å². The highest BCUT2D eigenvalue weighted by atomic mass is 19.4. The van der Waals surface area contributed by atoms with E-state index in [1.165, 1.54) is 20.6 Å². The lowest BCUT2D eigenvalue weighted by Crippen LogP contribution is -2.62. The normalized spacial score (nSPS) is 21.8. The SMILES string of the molecule is CN(C)C(=O)c1cn(CC2(O)CCN(C(=O)CCC(F)(F)F)CC23CCCC3)c(=O)c2ccccc12. The molecule has 7 nitrogen and oxygen atoms in total. The summed E-state index contributed by atoms with van der Waals surface area (Å²) in [6.07, 6.45) is -1.69. The Labute approximate surface area is 207 Å². The van der Waals surface area contributed by atoms with E-state index in [1.807, 2.05) is 0 Å². The van der Waals surface area contributed by atoms with Crippen molar-refractivity contribution in [2.75, 3.05) is 27.2 Å². The van der Waals surface area contributed by atoms with Crippen LogP contribution in [0.2, 0.25) is 0 Å². The van der Waals surface area contributed by atoms with Gasteiger partial charge in [-0.1, -0.05) is 31.0 Å². The number of carbonyl (C=O) groups excluding carboxylic acids is 2. The van der Waals surface area contributed by atoms with Crippen molar-refractivity contribution in [2.24, 2.45) is 5.41 Å². The highest BCUT2D eigenvalue weighted by Gasteiger charge is 2.55. The molecule has 1 aromatic carbocycles. The van der Waals surface area contributed by atoms with E-state index >= 15 is 0 Å². The van der Waals surface area contributed by atoms with Gasteiger partial charge in [0.25, 0.3) is 11.5 Å². The molecule has 196 valence electrons. The third-order valence-electron chi connectivity index (χ3n) is 7.87. The Balaban J connectivity index is 1.68. The average Bonchev–Trinajstić information content (AvgIpc) is 3.30. The zero-order valence-electron chi connectivity index (χ0n) is 20.6. The molecule has 2 amide bonds. The number of fused-ring (bicyclic) bond motifs is 1. The number of hydrogen-bond donors (Lipinski definition) is 1. The Kier molecular flexibility index (Phi) is 6.94. The molecule has 0 radical (unpaired) electrons. The molecule has 4 rings (SSSR count). The highest BCUT2D eigenvalue weighted by molar-refractivity contribution is 6.06. The van der Waals surface area contributed by atoms with Crippen LogP contribution in [0.5, 0.6) is 0 Å². The average molecular weight is 508 g/mol. The fraction of sp³-hybridized carbons (Fsp3) is 0.577. The number of pyridine rings is 1. The Bertz CT molecular complexity index is 1220. The molecule has 1 N–H and O–H groups in total. The van der Waals surface area contributed by atoms with Crippen LogP contribution in [-0.4, -0.2) is 70.3 Å². The van der Waals surface area contributed by atoms with Gasteiger partial charge in [-0.25, -0.2) is 0 Å². The number of likely N-dealkylation sites (tertiary alicyclic amines) is 1. The van der Waals surface area contributed by atoms with Gasteiger partial charge in [-0.2, -0.15) is 13.2 Å². The monoisotopic (exact) mass is 507 g/mol. The first kappa shape index (κ1) is 26.2. The first-order chi connectivity index (χ1) is 16.9. The van der Waals surface area contributed by atoms with Gasteiger partial charge in [-0.05, 0) is 25.3 Å². The van der Waals surface area contributed by atoms with Crippen molar-refractivity contribution in [1.82, 2.24) is 14.4 Å². The molecule has 2 fully saturated rings. The topological polar surface area (TPSA) is 82.8 Å². The van der Waals surface area contributed by atoms with Crippen LogP contribution in [0.15, 0.2) is 35.3 Å². The van der Waals surface area contributed by atoms with E-state index in [0.29, 0.717) is 29.2 Å². The number of nitrogens with zero attached hydrogens (tertiary/aromatic N) is 3. The van der Waals surface area contributed by atoms with E-state index in [0.717, 1.165) is 12.8 Å². The van der Waals surface area contributed by atoms with Gasteiger partial charge in [0.1, 0.15) is 0 Å². The fourth-order valence-corrected chi connectivity index (χ4v) is 5.87. The Hall–Kier alpha value is -2.88. The molecule has 0 bridgehead atoms. The number of benzene rings is 1. The molecular weight excluding hydrogens is 475 g/mol. The standard InChI is InChI=1S/C26H32F3N3O4/c1-30(2)22(34)20-15-32(23(35)19-8-4-3-7-18(19)20)17-25(36)13-14-31(16-24(25)10-5-6-11-24)21(33)9-12-26(27,28)29/h3-4,7-8,15,36H,5-6,9-14,16-17H2,1-2H3. The molecule has 1 saturated carbocycles. The number of aromatic nitrogens is 1. The second-order valence-corrected chi connectivity index (χ2v) is 10.4. The highest BCUT2D eigenvalue weighted by Crippen LogP contribution is 2.51. The van der Waals surface area contributed by atoms with Crippen molar-refractivity contribution in [1.29, 1.82) is 0 Å². The van der Waals surface area contributed by atoms with Gasteiger partial charge in [0.2, 0.25) is 5.91 Å². The minimum absolute atomic E-state index is 0.0606. The van der Waals surface area contributed by atoms with Crippen LogP contribution < -0.4 is 5.56 Å². The smallest absolute Gasteiger partial charge is 0.387 e. The maximum atomic E-state index is 13.4. The van der Waals surface area contributed by atoms with Crippen molar-refractivity contribution in [2.45, 2.75) is 63.3 Å². The molecule has 1 aliphatic carbocycles. The van der Waals surface area contributed by atoms with E-state index in [1.54, 1.807) is 38.4 Å². The lowest BCUT2D eigenvalue weighted by Gasteiger charge is -2.52. The van der Waals surface area contributed by atoms with Crippen molar-refractivity contribution in [3.05, 3.63) is 46.4 Å². The number of halogens is 3. The lowest BCUT2D eigenvalue weighted by atomic mass is 9.65. The molecule has 10 heteroatoms. The predicted molar refractivity (Wildman–Crippen MR) is 129 cm³/mol. The molecular formula is C26H32F3N3O4. The van der Waals surface area contributed by atoms with E-state index in [4.69, 9.17) is 0 Å². The number of amides is 2. The van der Waals surface area contributed by atoms with E-state index in [9.17, 15) is 32.7 Å². The number of rotatable bonds is 5. The number of alkyl halides is 3. The first-order valence-corrected chi connectivity index (χ1v) is 12.3. The third-order valence-corrected chi connectivity index (χ3v) is 7.87. The van der Waals surface area contributed by atoms with Crippen LogP contribution in [-0.2, 0) is 11.3 Å². The lowest BCUT2D eigenvalue weighted by molar-refractivity contribution is -0.166. The van der Waals surface area contributed by atoms with Crippen molar-refractivity contribution in [3.63, 3.8) is 0 Å². The Morgan fingerprint density at radius 3 is 2.33 bits per heavy atom.